The lowest BCUT2D eigenvalue weighted by Gasteiger charge is -2.35. The van der Waals surface area contributed by atoms with E-state index in [1.54, 1.807) is 0 Å². The van der Waals surface area contributed by atoms with Crippen LogP contribution in [0.1, 0.15) is 81.3 Å². The number of carbonyl (C=O) groups excluding carboxylic acids is 2. The van der Waals surface area contributed by atoms with E-state index in [0.717, 1.165) is 24.0 Å². The molecule has 3 atom stereocenters. The fraction of sp³-hybridized carbons (Fsp3) is 0.545. The minimum absolute atomic E-state index is 0.0699. The predicted octanol–water partition coefficient (Wildman–Crippen LogP) is 4.69. The van der Waals surface area contributed by atoms with Gasteiger partial charge in [0.25, 0.3) is 0 Å². The quantitative estimate of drug-likeness (QED) is 0.471. The third-order valence-corrected chi connectivity index (χ3v) is 5.57. The molecule has 0 spiro atoms. The molecule has 0 bridgehead atoms. The molecule has 2 heterocycles. The third-order valence-electron chi connectivity index (χ3n) is 5.57. The molecule has 27 heavy (non-hydrogen) atoms. The first kappa shape index (κ1) is 19.5. The van der Waals surface area contributed by atoms with Crippen LogP contribution in [-0.4, -0.2) is 23.0 Å². The second kappa shape index (κ2) is 7.37. The number of benzene rings is 1. The van der Waals surface area contributed by atoms with Crippen LogP contribution in [0.25, 0.3) is 0 Å². The lowest BCUT2D eigenvalue weighted by Crippen LogP contribution is -2.35. The summed E-state index contributed by atoms with van der Waals surface area (Å²) < 4.78 is 11.7. The minimum Gasteiger partial charge on any atom is -0.507 e. The Balaban J connectivity index is 2.31. The van der Waals surface area contributed by atoms with Crippen molar-refractivity contribution in [1.82, 2.24) is 0 Å². The number of fused-ring (bicyclic) bond motifs is 3. The first-order valence-corrected chi connectivity index (χ1v) is 9.72. The maximum Gasteiger partial charge on any atom is 0.311 e. The number of Topliss-reactive ketones (excluding diaryl/α,β-unsaturated/α-hetero) is 1. The Labute approximate surface area is 160 Å². The first-order valence-electron chi connectivity index (χ1n) is 9.72. The molecule has 1 aromatic carbocycles. The largest absolute Gasteiger partial charge is 0.507 e. The van der Waals surface area contributed by atoms with E-state index in [1.165, 1.54) is 0 Å². The van der Waals surface area contributed by atoms with Gasteiger partial charge in [-0.15, -0.1) is 0 Å². The molecule has 1 aromatic rings. The Bertz CT molecular complexity index is 817. The second-order valence-corrected chi connectivity index (χ2v) is 7.90. The molecule has 0 saturated heterocycles. The summed E-state index contributed by atoms with van der Waals surface area (Å²) in [5.41, 5.74) is 2.60. The van der Waals surface area contributed by atoms with Gasteiger partial charge in [-0.25, -0.2) is 0 Å². The Kier molecular flexibility index (Phi) is 5.31. The van der Waals surface area contributed by atoms with Crippen molar-refractivity contribution in [3.63, 3.8) is 0 Å². The molecule has 1 N–H and O–H groups in total. The number of phenolic OH excluding ortho intramolecular Hbond substituents is 1. The summed E-state index contributed by atoms with van der Waals surface area (Å²) in [5.74, 6) is -0.155. The summed E-state index contributed by atoms with van der Waals surface area (Å²) in [7, 11) is 0. The first-order chi connectivity index (χ1) is 12.8. The molecule has 2 aliphatic rings. The normalized spacial score (nSPS) is 23.8. The number of hydrogen-bond donors (Lipinski definition) is 1. The van der Waals surface area contributed by atoms with Crippen molar-refractivity contribution in [2.45, 2.75) is 72.3 Å². The molecular weight excluding hydrogens is 344 g/mol. The van der Waals surface area contributed by atoms with Crippen molar-refractivity contribution in [3.8, 4) is 17.2 Å². The molecule has 5 heteroatoms. The summed E-state index contributed by atoms with van der Waals surface area (Å²) in [4.78, 5) is 25.2. The predicted molar refractivity (Wildman–Crippen MR) is 103 cm³/mol. The highest BCUT2D eigenvalue weighted by molar-refractivity contribution is 6.05. The van der Waals surface area contributed by atoms with Gasteiger partial charge in [0.15, 0.2) is 5.78 Å². The monoisotopic (exact) mass is 372 g/mol. The highest BCUT2D eigenvalue weighted by Crippen LogP contribution is 2.53. The number of carbonyl (C=O) groups is 2. The molecule has 0 saturated carbocycles. The van der Waals surface area contributed by atoms with Crippen molar-refractivity contribution in [3.05, 3.63) is 28.3 Å². The van der Waals surface area contributed by atoms with Crippen molar-refractivity contribution < 1.29 is 24.2 Å². The number of phenols is 1. The maximum atomic E-state index is 13.0. The Morgan fingerprint density at radius 3 is 2.56 bits per heavy atom. The molecule has 146 valence electrons. The highest BCUT2D eigenvalue weighted by atomic mass is 16.5. The molecule has 0 amide bonds. The number of rotatable bonds is 4. The van der Waals surface area contributed by atoms with Gasteiger partial charge >= 0.3 is 5.97 Å². The molecule has 5 nitrogen and oxygen atoms in total. The standard InChI is InChI=1S/C22H28O5/c1-6-7-14-10-16(23)27-21-15(9-8-11(2)3)20(25)18-19(24)12(4)13(5)26-22(18)17(14)21/h8,12-14,25H,6-7,9-10H2,1-5H3/t12-,13-,14?/m0/s1. The minimum atomic E-state index is -0.339. The zero-order valence-corrected chi connectivity index (χ0v) is 16.7. The Hall–Kier alpha value is -2.30. The van der Waals surface area contributed by atoms with Gasteiger partial charge in [-0.2, -0.15) is 0 Å². The van der Waals surface area contributed by atoms with Gasteiger partial charge in [-0.05, 0) is 33.6 Å². The molecule has 0 aromatic heterocycles. The van der Waals surface area contributed by atoms with Crippen LogP contribution in [0.2, 0.25) is 0 Å². The van der Waals surface area contributed by atoms with E-state index in [2.05, 4.69) is 6.92 Å². The van der Waals surface area contributed by atoms with E-state index in [9.17, 15) is 14.7 Å². The van der Waals surface area contributed by atoms with Gasteiger partial charge in [0.2, 0.25) is 0 Å². The lowest BCUT2D eigenvalue weighted by atomic mass is 9.80. The zero-order valence-electron chi connectivity index (χ0n) is 16.7. The van der Waals surface area contributed by atoms with E-state index in [0.29, 0.717) is 23.5 Å². The van der Waals surface area contributed by atoms with Gasteiger partial charge in [-0.1, -0.05) is 31.9 Å². The third kappa shape index (κ3) is 3.35. The van der Waals surface area contributed by atoms with Crippen LogP contribution in [0.5, 0.6) is 17.2 Å². The SMILES string of the molecule is CCCC1CC(=O)Oc2c(CC=C(C)C)c(O)c3c(c21)O[C@@H](C)[C@H](C)C3=O. The number of esters is 1. The van der Waals surface area contributed by atoms with Crippen molar-refractivity contribution >= 4 is 11.8 Å². The topological polar surface area (TPSA) is 72.8 Å². The average Bonchev–Trinajstić information content (AvgIpc) is 2.58. The zero-order chi connectivity index (χ0) is 19.9. The number of aromatic hydroxyl groups is 1. The van der Waals surface area contributed by atoms with Crippen LogP contribution in [0.4, 0.5) is 0 Å². The summed E-state index contributed by atoms with van der Waals surface area (Å²) >= 11 is 0. The molecule has 2 aliphatic heterocycles. The van der Waals surface area contributed by atoms with Crippen molar-refractivity contribution in [2.75, 3.05) is 0 Å². The van der Waals surface area contributed by atoms with Crippen LogP contribution < -0.4 is 9.47 Å². The van der Waals surface area contributed by atoms with Crippen molar-refractivity contribution in [1.29, 1.82) is 0 Å². The Morgan fingerprint density at radius 1 is 1.22 bits per heavy atom. The highest BCUT2D eigenvalue weighted by Gasteiger charge is 2.42. The van der Waals surface area contributed by atoms with Crippen molar-refractivity contribution in [2.24, 2.45) is 5.92 Å². The number of allylic oxidation sites excluding steroid dienone is 2. The summed E-state index contributed by atoms with van der Waals surface area (Å²) in [6.45, 7) is 9.66. The fourth-order valence-corrected chi connectivity index (χ4v) is 3.88. The van der Waals surface area contributed by atoms with Crippen LogP contribution in [-0.2, 0) is 11.2 Å². The van der Waals surface area contributed by atoms with E-state index in [4.69, 9.17) is 9.47 Å². The summed E-state index contributed by atoms with van der Waals surface area (Å²) in [6, 6.07) is 0. The van der Waals surface area contributed by atoms with Gasteiger partial charge in [0.05, 0.1) is 12.3 Å². The second-order valence-electron chi connectivity index (χ2n) is 7.90. The van der Waals surface area contributed by atoms with Crippen LogP contribution in [0.3, 0.4) is 0 Å². The maximum absolute atomic E-state index is 13.0. The number of ketones is 1. The van der Waals surface area contributed by atoms with Crippen LogP contribution >= 0.6 is 0 Å². The van der Waals surface area contributed by atoms with E-state index >= 15 is 0 Å². The molecule has 0 radical (unpaired) electrons. The van der Waals surface area contributed by atoms with E-state index < -0.39 is 0 Å². The van der Waals surface area contributed by atoms with Gasteiger partial charge < -0.3 is 14.6 Å². The van der Waals surface area contributed by atoms with E-state index in [1.807, 2.05) is 33.8 Å². The summed E-state index contributed by atoms with van der Waals surface area (Å²) in [5, 5.41) is 11.0. The summed E-state index contributed by atoms with van der Waals surface area (Å²) in [6.07, 6.45) is 4.02. The fourth-order valence-electron chi connectivity index (χ4n) is 3.88. The molecular formula is C22H28O5. The van der Waals surface area contributed by atoms with Gasteiger partial charge in [0, 0.05) is 17.0 Å². The van der Waals surface area contributed by atoms with Gasteiger partial charge in [-0.3, -0.25) is 9.59 Å². The van der Waals surface area contributed by atoms with Crippen LogP contribution in [0.15, 0.2) is 11.6 Å². The molecule has 0 fully saturated rings. The van der Waals surface area contributed by atoms with Gasteiger partial charge in [0.1, 0.15) is 28.9 Å². The average molecular weight is 372 g/mol. The number of ether oxygens (including phenoxy) is 2. The smallest absolute Gasteiger partial charge is 0.311 e. The lowest BCUT2D eigenvalue weighted by molar-refractivity contribution is -0.136. The molecule has 1 unspecified atom stereocenters. The molecule has 3 rings (SSSR count). The van der Waals surface area contributed by atoms with Crippen LogP contribution in [0, 0.1) is 5.92 Å². The Morgan fingerprint density at radius 2 is 1.93 bits per heavy atom. The van der Waals surface area contributed by atoms with E-state index in [-0.39, 0.29) is 47.4 Å². The molecule has 0 aliphatic carbocycles. The number of hydrogen-bond acceptors (Lipinski definition) is 5.